The van der Waals surface area contributed by atoms with E-state index in [-0.39, 0.29) is 23.5 Å². The Morgan fingerprint density at radius 3 is 2.33 bits per heavy atom. The smallest absolute Gasteiger partial charge is 0.228 e. The third kappa shape index (κ3) is 6.56. The van der Waals surface area contributed by atoms with Gasteiger partial charge in [-0.05, 0) is 54.3 Å². The number of carbonyl (C=O) groups excluding carboxylic acids is 2. The predicted molar refractivity (Wildman–Crippen MR) is 131 cm³/mol. The lowest BCUT2D eigenvalue weighted by atomic mass is 9.94. The molecule has 0 spiro atoms. The molecule has 1 aliphatic carbocycles. The maximum absolute atomic E-state index is 13.8. The van der Waals surface area contributed by atoms with Crippen molar-refractivity contribution in [1.82, 2.24) is 4.90 Å². The molecular weight excluding hydrogens is 417 g/mol. The molecule has 0 aromatic heterocycles. The van der Waals surface area contributed by atoms with Crippen LogP contribution in [0.2, 0.25) is 0 Å². The van der Waals surface area contributed by atoms with E-state index in [1.807, 2.05) is 64.0 Å². The second kappa shape index (κ2) is 10.4. The lowest BCUT2D eigenvalue weighted by Gasteiger charge is -2.31. The molecule has 178 valence electrons. The molecule has 0 bridgehead atoms. The van der Waals surface area contributed by atoms with Gasteiger partial charge in [0, 0.05) is 49.9 Å². The van der Waals surface area contributed by atoms with Crippen LogP contribution in [0.3, 0.4) is 0 Å². The van der Waals surface area contributed by atoms with E-state index in [0.29, 0.717) is 13.1 Å². The van der Waals surface area contributed by atoms with E-state index < -0.39 is 5.41 Å². The average molecular weight is 454 g/mol. The van der Waals surface area contributed by atoms with Crippen LogP contribution in [0.15, 0.2) is 42.5 Å². The fourth-order valence-electron chi connectivity index (χ4n) is 4.39. The maximum Gasteiger partial charge on any atom is 0.228 e. The Bertz CT molecular complexity index is 991. The van der Waals surface area contributed by atoms with Gasteiger partial charge in [0.2, 0.25) is 11.8 Å². The third-order valence-corrected chi connectivity index (χ3v) is 6.11. The number of carbonyl (C=O) groups is 2. The molecule has 1 saturated carbocycles. The third-order valence-electron chi connectivity index (χ3n) is 6.11. The minimum absolute atomic E-state index is 0.0168. The molecule has 0 aliphatic heterocycles. The number of amides is 2. The van der Waals surface area contributed by atoms with Crippen LogP contribution in [0.1, 0.15) is 57.6 Å². The second-order valence-corrected chi connectivity index (χ2v) is 10.2. The summed E-state index contributed by atoms with van der Waals surface area (Å²) in [5.41, 5.74) is 2.80. The number of rotatable bonds is 7. The molecular formula is C27H36FN3O2. The highest BCUT2D eigenvalue weighted by Crippen LogP contribution is 2.30. The Morgan fingerprint density at radius 1 is 1.03 bits per heavy atom. The highest BCUT2D eigenvalue weighted by atomic mass is 19.1. The lowest BCUT2D eigenvalue weighted by molar-refractivity contribution is -0.140. The standard InChI is InChI=1S/C27H36FN3O2/c1-27(2,3)26(33)31(17-19-9-8-12-22(28)15-19)18-21-16-23(13-14-24(21)30(4)5)29-25(32)20-10-6-7-11-20/h8-9,12-16,20H,6-7,10-11,17-18H2,1-5H3,(H,29,32). The molecule has 3 rings (SSSR count). The number of halogens is 1. The van der Waals surface area contributed by atoms with E-state index in [0.717, 1.165) is 48.2 Å². The number of hydrogen-bond donors (Lipinski definition) is 1. The van der Waals surface area contributed by atoms with Crippen molar-refractivity contribution in [1.29, 1.82) is 0 Å². The van der Waals surface area contributed by atoms with Gasteiger partial charge in [-0.2, -0.15) is 0 Å². The molecule has 0 heterocycles. The molecule has 5 nitrogen and oxygen atoms in total. The van der Waals surface area contributed by atoms with Crippen molar-refractivity contribution in [2.75, 3.05) is 24.3 Å². The summed E-state index contributed by atoms with van der Waals surface area (Å²) in [5.74, 6) is -0.189. The Labute approximate surface area is 197 Å². The summed E-state index contributed by atoms with van der Waals surface area (Å²) in [4.78, 5) is 29.7. The first kappa shape index (κ1) is 24.7. The first-order valence-electron chi connectivity index (χ1n) is 11.7. The van der Waals surface area contributed by atoms with Crippen molar-refractivity contribution in [3.05, 3.63) is 59.4 Å². The minimum atomic E-state index is -0.583. The summed E-state index contributed by atoms with van der Waals surface area (Å²) in [6, 6.07) is 12.2. The summed E-state index contributed by atoms with van der Waals surface area (Å²) in [5, 5.41) is 3.07. The first-order valence-corrected chi connectivity index (χ1v) is 11.7. The summed E-state index contributed by atoms with van der Waals surface area (Å²) >= 11 is 0. The zero-order valence-electron chi connectivity index (χ0n) is 20.5. The van der Waals surface area contributed by atoms with E-state index in [9.17, 15) is 14.0 Å². The van der Waals surface area contributed by atoms with Crippen LogP contribution in [0.4, 0.5) is 15.8 Å². The quantitative estimate of drug-likeness (QED) is 0.594. The molecule has 33 heavy (non-hydrogen) atoms. The van der Waals surface area contributed by atoms with Gasteiger partial charge in [-0.15, -0.1) is 0 Å². The average Bonchev–Trinajstić information content (AvgIpc) is 3.27. The number of anilines is 2. The van der Waals surface area contributed by atoms with E-state index in [1.54, 1.807) is 11.0 Å². The molecule has 1 fully saturated rings. The molecule has 0 radical (unpaired) electrons. The van der Waals surface area contributed by atoms with Crippen LogP contribution in [0, 0.1) is 17.2 Å². The van der Waals surface area contributed by atoms with Gasteiger partial charge in [0.25, 0.3) is 0 Å². The summed E-state index contributed by atoms with van der Waals surface area (Å²) < 4.78 is 13.8. The molecule has 0 unspecified atom stereocenters. The van der Waals surface area contributed by atoms with Gasteiger partial charge in [0.1, 0.15) is 5.82 Å². The zero-order valence-corrected chi connectivity index (χ0v) is 20.5. The molecule has 6 heteroatoms. The Kier molecular flexibility index (Phi) is 7.77. The largest absolute Gasteiger partial charge is 0.377 e. The van der Waals surface area contributed by atoms with Crippen molar-refractivity contribution in [3.63, 3.8) is 0 Å². The fourth-order valence-corrected chi connectivity index (χ4v) is 4.39. The van der Waals surface area contributed by atoms with Crippen LogP contribution in [-0.4, -0.2) is 30.8 Å². The zero-order chi connectivity index (χ0) is 24.2. The topological polar surface area (TPSA) is 52.7 Å². The van der Waals surface area contributed by atoms with Crippen molar-refractivity contribution in [3.8, 4) is 0 Å². The second-order valence-electron chi connectivity index (χ2n) is 10.2. The molecule has 2 aromatic carbocycles. The van der Waals surface area contributed by atoms with Gasteiger partial charge in [-0.1, -0.05) is 45.7 Å². The number of nitrogens with one attached hydrogen (secondary N) is 1. The molecule has 1 aliphatic rings. The van der Waals surface area contributed by atoms with Gasteiger partial charge in [-0.25, -0.2) is 4.39 Å². The molecule has 2 aromatic rings. The van der Waals surface area contributed by atoms with Gasteiger partial charge >= 0.3 is 0 Å². The van der Waals surface area contributed by atoms with E-state index in [1.165, 1.54) is 12.1 Å². The Morgan fingerprint density at radius 2 is 1.73 bits per heavy atom. The Balaban J connectivity index is 1.90. The molecule has 0 atom stereocenters. The van der Waals surface area contributed by atoms with Crippen LogP contribution < -0.4 is 10.2 Å². The minimum Gasteiger partial charge on any atom is -0.377 e. The van der Waals surface area contributed by atoms with Gasteiger partial charge in [0.05, 0.1) is 0 Å². The first-order chi connectivity index (χ1) is 15.5. The van der Waals surface area contributed by atoms with E-state index >= 15 is 0 Å². The van der Waals surface area contributed by atoms with Crippen molar-refractivity contribution < 1.29 is 14.0 Å². The van der Waals surface area contributed by atoms with Gasteiger partial charge in [0.15, 0.2) is 0 Å². The van der Waals surface area contributed by atoms with Crippen molar-refractivity contribution >= 4 is 23.2 Å². The molecule has 0 saturated heterocycles. The molecule has 1 N–H and O–H groups in total. The van der Waals surface area contributed by atoms with Crippen LogP contribution in [-0.2, 0) is 22.7 Å². The van der Waals surface area contributed by atoms with Crippen LogP contribution >= 0.6 is 0 Å². The highest BCUT2D eigenvalue weighted by molar-refractivity contribution is 5.93. The number of hydrogen-bond acceptors (Lipinski definition) is 3. The number of benzene rings is 2. The summed E-state index contributed by atoms with van der Waals surface area (Å²) in [7, 11) is 3.91. The SMILES string of the molecule is CN(C)c1ccc(NC(=O)C2CCCC2)cc1CN(Cc1cccc(F)c1)C(=O)C(C)(C)C. The monoisotopic (exact) mass is 453 g/mol. The summed E-state index contributed by atoms with van der Waals surface area (Å²) in [6.45, 7) is 6.32. The van der Waals surface area contributed by atoms with Crippen LogP contribution in [0.5, 0.6) is 0 Å². The van der Waals surface area contributed by atoms with E-state index in [2.05, 4.69) is 5.32 Å². The maximum atomic E-state index is 13.8. The van der Waals surface area contributed by atoms with Crippen molar-refractivity contribution in [2.45, 2.75) is 59.5 Å². The fraction of sp³-hybridized carbons (Fsp3) is 0.481. The summed E-state index contributed by atoms with van der Waals surface area (Å²) in [6.07, 6.45) is 4.09. The van der Waals surface area contributed by atoms with E-state index in [4.69, 9.17) is 0 Å². The molecule has 2 amide bonds. The van der Waals surface area contributed by atoms with Gasteiger partial charge < -0.3 is 15.1 Å². The predicted octanol–water partition coefficient (Wildman–Crippen LogP) is 5.60. The number of nitrogens with zero attached hydrogens (tertiary/aromatic N) is 2. The lowest BCUT2D eigenvalue weighted by Crippen LogP contribution is -2.39. The van der Waals surface area contributed by atoms with Crippen LogP contribution in [0.25, 0.3) is 0 Å². The Hall–Kier alpha value is -2.89. The highest BCUT2D eigenvalue weighted by Gasteiger charge is 2.28. The normalized spacial score (nSPS) is 14.2. The van der Waals surface area contributed by atoms with Crippen molar-refractivity contribution in [2.24, 2.45) is 11.3 Å². The van der Waals surface area contributed by atoms with Gasteiger partial charge in [-0.3, -0.25) is 9.59 Å².